The molecule has 1 aromatic rings. The van der Waals surface area contributed by atoms with Gasteiger partial charge in [0.25, 0.3) is 5.69 Å². The van der Waals surface area contributed by atoms with Gasteiger partial charge in [-0.25, -0.2) is 17.9 Å². The molecule has 2 N–H and O–H groups in total. The minimum absolute atomic E-state index is 0.500. The average Bonchev–Trinajstić information content (AvgIpc) is 2.01. The van der Waals surface area contributed by atoms with Crippen molar-refractivity contribution in [1.82, 2.24) is 0 Å². The van der Waals surface area contributed by atoms with Gasteiger partial charge in [-0.05, 0) is 12.1 Å². The summed E-state index contributed by atoms with van der Waals surface area (Å²) in [6, 6.07) is 2.04. The minimum atomic E-state index is -4.20. The van der Waals surface area contributed by atoms with Gasteiger partial charge in [-0.2, -0.15) is 0 Å². The van der Waals surface area contributed by atoms with Gasteiger partial charge in [-0.15, -0.1) is 0 Å². The van der Waals surface area contributed by atoms with E-state index in [0.717, 1.165) is 12.1 Å². The fourth-order valence-electron chi connectivity index (χ4n) is 0.874. The van der Waals surface area contributed by atoms with Crippen LogP contribution in [-0.4, -0.2) is 13.3 Å². The molecule has 0 bridgehead atoms. The fourth-order valence-corrected chi connectivity index (χ4v) is 1.56. The van der Waals surface area contributed by atoms with Gasteiger partial charge in [-0.1, -0.05) is 0 Å². The summed E-state index contributed by atoms with van der Waals surface area (Å²) < 4.78 is 34.2. The molecule has 0 aliphatic rings. The molecule has 14 heavy (non-hydrogen) atoms. The number of hydrogen-bond acceptors (Lipinski definition) is 4. The number of sulfonamides is 1. The van der Waals surface area contributed by atoms with Crippen LogP contribution < -0.4 is 5.14 Å². The zero-order chi connectivity index (χ0) is 10.9. The second kappa shape index (κ2) is 3.31. The number of halogens is 1. The van der Waals surface area contributed by atoms with Crippen molar-refractivity contribution in [3.63, 3.8) is 0 Å². The van der Waals surface area contributed by atoms with Crippen LogP contribution in [0, 0.1) is 15.9 Å². The van der Waals surface area contributed by atoms with Gasteiger partial charge < -0.3 is 0 Å². The van der Waals surface area contributed by atoms with Crippen molar-refractivity contribution < 1.29 is 17.7 Å². The Labute approximate surface area is 78.4 Å². The first-order chi connectivity index (χ1) is 6.32. The van der Waals surface area contributed by atoms with Gasteiger partial charge >= 0.3 is 0 Å². The van der Waals surface area contributed by atoms with Gasteiger partial charge in [0.15, 0.2) is 4.90 Å². The summed E-state index contributed by atoms with van der Waals surface area (Å²) in [5.74, 6) is -0.899. The summed E-state index contributed by atoms with van der Waals surface area (Å²) in [6.07, 6.45) is 0. The third-order valence-corrected chi connectivity index (χ3v) is 2.38. The molecular weight excluding hydrogens is 215 g/mol. The molecule has 0 aliphatic heterocycles. The zero-order valence-corrected chi connectivity index (χ0v) is 7.49. The predicted molar refractivity (Wildman–Crippen MR) is 44.4 cm³/mol. The van der Waals surface area contributed by atoms with Gasteiger partial charge in [-0.3, -0.25) is 10.1 Å². The highest BCUT2D eigenvalue weighted by Crippen LogP contribution is 2.22. The number of nitrogens with two attached hydrogens (primary N) is 1. The molecule has 0 atom stereocenters. The predicted octanol–water partition coefficient (Wildman–Crippen LogP) is 0.381. The number of rotatable bonds is 2. The molecule has 0 aromatic heterocycles. The molecule has 1 rings (SSSR count). The topological polar surface area (TPSA) is 103 Å². The number of benzene rings is 1. The van der Waals surface area contributed by atoms with Gasteiger partial charge in [0.05, 0.1) is 11.0 Å². The lowest BCUT2D eigenvalue weighted by atomic mass is 10.3. The third-order valence-electron chi connectivity index (χ3n) is 1.42. The lowest BCUT2D eigenvalue weighted by Gasteiger charge is -1.99. The first kappa shape index (κ1) is 10.5. The van der Waals surface area contributed by atoms with E-state index < -0.39 is 31.3 Å². The van der Waals surface area contributed by atoms with E-state index in [-0.39, 0.29) is 0 Å². The Morgan fingerprint density at radius 1 is 1.43 bits per heavy atom. The van der Waals surface area contributed by atoms with Crippen molar-refractivity contribution in [1.29, 1.82) is 0 Å². The quantitative estimate of drug-likeness (QED) is 0.574. The molecule has 0 saturated carbocycles. The Morgan fingerprint density at radius 3 is 2.43 bits per heavy atom. The summed E-state index contributed by atoms with van der Waals surface area (Å²) in [4.78, 5) is 8.62. The Kier molecular flexibility index (Phi) is 2.49. The maximum atomic E-state index is 12.6. The van der Waals surface area contributed by atoms with Crippen molar-refractivity contribution in [2.45, 2.75) is 4.90 Å². The molecule has 0 radical (unpaired) electrons. The van der Waals surface area contributed by atoms with E-state index in [1.807, 2.05) is 0 Å². The third kappa shape index (κ3) is 2.03. The monoisotopic (exact) mass is 220 g/mol. The largest absolute Gasteiger partial charge is 0.292 e. The lowest BCUT2D eigenvalue weighted by Crippen LogP contribution is -2.14. The molecule has 0 fully saturated rings. The Hall–Kier alpha value is -1.54. The standard InChI is InChI=1S/C6H5FN2O4S/c7-4-1-2-6(14(8,12)13)5(3-4)9(10)11/h1-3H,(H2,8,12,13). The lowest BCUT2D eigenvalue weighted by molar-refractivity contribution is -0.388. The van der Waals surface area contributed by atoms with E-state index >= 15 is 0 Å². The van der Waals surface area contributed by atoms with Crippen molar-refractivity contribution in [2.24, 2.45) is 5.14 Å². The number of primary sulfonamides is 1. The number of nitro benzene ring substituents is 1. The molecule has 0 unspecified atom stereocenters. The number of hydrogen-bond donors (Lipinski definition) is 1. The van der Waals surface area contributed by atoms with Gasteiger partial charge in [0.1, 0.15) is 5.82 Å². The summed E-state index contributed by atoms with van der Waals surface area (Å²) >= 11 is 0. The van der Waals surface area contributed by atoms with Gasteiger partial charge in [0.2, 0.25) is 10.0 Å². The van der Waals surface area contributed by atoms with E-state index in [9.17, 15) is 22.9 Å². The van der Waals surface area contributed by atoms with Crippen molar-refractivity contribution in [3.8, 4) is 0 Å². The van der Waals surface area contributed by atoms with Crippen LogP contribution in [0.4, 0.5) is 10.1 Å². The van der Waals surface area contributed by atoms with Gasteiger partial charge in [0, 0.05) is 0 Å². The van der Waals surface area contributed by atoms with Crippen LogP contribution in [-0.2, 0) is 10.0 Å². The number of nitrogens with zero attached hydrogens (tertiary/aromatic N) is 1. The normalized spacial score (nSPS) is 11.3. The first-order valence-corrected chi connectivity index (χ1v) is 4.84. The Bertz CT molecular complexity index is 485. The molecule has 8 heteroatoms. The maximum absolute atomic E-state index is 12.6. The van der Waals surface area contributed by atoms with Crippen molar-refractivity contribution >= 4 is 15.7 Å². The van der Waals surface area contributed by atoms with Crippen molar-refractivity contribution in [3.05, 3.63) is 34.1 Å². The second-order valence-corrected chi connectivity index (χ2v) is 3.94. The Morgan fingerprint density at radius 2 is 2.00 bits per heavy atom. The van der Waals surface area contributed by atoms with Crippen LogP contribution in [0.2, 0.25) is 0 Å². The molecule has 0 amide bonds. The van der Waals surface area contributed by atoms with E-state index in [0.29, 0.717) is 6.07 Å². The first-order valence-electron chi connectivity index (χ1n) is 3.29. The van der Waals surface area contributed by atoms with Crippen LogP contribution in [0.5, 0.6) is 0 Å². The number of nitro groups is 1. The molecular formula is C6H5FN2O4S. The van der Waals surface area contributed by atoms with Crippen LogP contribution in [0.15, 0.2) is 23.1 Å². The average molecular weight is 220 g/mol. The van der Waals surface area contributed by atoms with E-state index in [1.54, 1.807) is 0 Å². The van der Waals surface area contributed by atoms with Crippen molar-refractivity contribution in [2.75, 3.05) is 0 Å². The SMILES string of the molecule is NS(=O)(=O)c1ccc(F)cc1[N+](=O)[O-]. The second-order valence-electron chi connectivity index (χ2n) is 2.41. The highest BCUT2D eigenvalue weighted by atomic mass is 32.2. The molecule has 0 aliphatic carbocycles. The van der Waals surface area contributed by atoms with E-state index in [1.165, 1.54) is 0 Å². The van der Waals surface area contributed by atoms with E-state index in [2.05, 4.69) is 0 Å². The van der Waals surface area contributed by atoms with Crippen LogP contribution in [0.1, 0.15) is 0 Å². The molecule has 0 spiro atoms. The molecule has 6 nitrogen and oxygen atoms in total. The fraction of sp³-hybridized carbons (Fsp3) is 0. The summed E-state index contributed by atoms with van der Waals surface area (Å²) in [7, 11) is -4.20. The molecule has 0 saturated heterocycles. The highest BCUT2D eigenvalue weighted by Gasteiger charge is 2.22. The summed E-state index contributed by atoms with van der Waals surface area (Å²) in [5, 5.41) is 15.0. The summed E-state index contributed by atoms with van der Waals surface area (Å²) in [6.45, 7) is 0. The van der Waals surface area contributed by atoms with E-state index in [4.69, 9.17) is 5.14 Å². The molecule has 1 aromatic carbocycles. The zero-order valence-electron chi connectivity index (χ0n) is 6.68. The molecule has 76 valence electrons. The van der Waals surface area contributed by atoms with Crippen LogP contribution >= 0.6 is 0 Å². The minimum Gasteiger partial charge on any atom is -0.258 e. The summed E-state index contributed by atoms with van der Waals surface area (Å²) in [5.41, 5.74) is -0.868. The van der Waals surface area contributed by atoms with Crippen LogP contribution in [0.3, 0.4) is 0 Å². The highest BCUT2D eigenvalue weighted by molar-refractivity contribution is 7.89. The smallest absolute Gasteiger partial charge is 0.258 e. The molecule has 0 heterocycles. The van der Waals surface area contributed by atoms with Crippen LogP contribution in [0.25, 0.3) is 0 Å². The Balaban J connectivity index is 3.53. The maximum Gasteiger partial charge on any atom is 0.292 e.